The van der Waals surface area contributed by atoms with Crippen molar-refractivity contribution in [3.05, 3.63) is 23.9 Å². The molecule has 6 heteroatoms. The first kappa shape index (κ1) is 17.0. The molecule has 0 aromatic carbocycles. The van der Waals surface area contributed by atoms with Crippen LogP contribution in [0, 0.1) is 0 Å². The molecular formula is C14H23IN4O. The lowest BCUT2D eigenvalue weighted by Crippen LogP contribution is -2.40. The summed E-state index contributed by atoms with van der Waals surface area (Å²) in [7, 11) is 0. The van der Waals surface area contributed by atoms with Crippen molar-refractivity contribution < 1.29 is 4.74 Å². The Hall–Kier alpha value is -1.05. The number of halogens is 1. The number of pyridine rings is 1. The molecule has 1 atom stereocenters. The monoisotopic (exact) mass is 390 g/mol. The predicted molar refractivity (Wildman–Crippen MR) is 91.8 cm³/mol. The minimum absolute atomic E-state index is 0. The first-order valence-corrected chi connectivity index (χ1v) is 6.91. The van der Waals surface area contributed by atoms with E-state index in [1.165, 1.54) is 0 Å². The quantitative estimate of drug-likeness (QED) is 0.758. The molecule has 5 nitrogen and oxygen atoms in total. The van der Waals surface area contributed by atoms with Crippen molar-refractivity contribution in [3.63, 3.8) is 0 Å². The lowest BCUT2D eigenvalue weighted by Gasteiger charge is -2.16. The maximum Gasteiger partial charge on any atom is 0.213 e. The summed E-state index contributed by atoms with van der Waals surface area (Å²) in [4.78, 5) is 8.60. The van der Waals surface area contributed by atoms with Crippen LogP contribution >= 0.6 is 24.0 Å². The average molecular weight is 390 g/mol. The number of hydrogen-bond acceptors (Lipinski definition) is 5. The summed E-state index contributed by atoms with van der Waals surface area (Å²) >= 11 is 0. The Kier molecular flexibility index (Phi) is 7.64. The van der Waals surface area contributed by atoms with Crippen molar-refractivity contribution in [3.8, 4) is 5.88 Å². The largest absolute Gasteiger partial charge is 0.475 e. The van der Waals surface area contributed by atoms with Crippen LogP contribution in [0.1, 0.15) is 32.3 Å². The normalized spacial score (nSPS) is 15.4. The van der Waals surface area contributed by atoms with E-state index in [-0.39, 0.29) is 30.1 Å². The number of hydrogen-bond donors (Lipinski definition) is 2. The van der Waals surface area contributed by atoms with Gasteiger partial charge in [-0.05, 0) is 31.4 Å². The SMILES string of the molecule is CCC(C)Oc1cc(CNC2=NCCCN2)ccn1.I. The Morgan fingerprint density at radius 3 is 3.05 bits per heavy atom. The zero-order valence-corrected chi connectivity index (χ0v) is 14.4. The highest BCUT2D eigenvalue weighted by molar-refractivity contribution is 14.0. The molecule has 1 unspecified atom stereocenters. The third-order valence-electron chi connectivity index (χ3n) is 3.05. The molecule has 0 saturated carbocycles. The first-order valence-electron chi connectivity index (χ1n) is 6.91. The van der Waals surface area contributed by atoms with Gasteiger partial charge < -0.3 is 15.4 Å². The molecule has 112 valence electrons. The maximum absolute atomic E-state index is 5.71. The number of aliphatic imine (C=N–C) groups is 1. The van der Waals surface area contributed by atoms with Crippen LogP contribution in [0.25, 0.3) is 0 Å². The number of guanidine groups is 1. The van der Waals surface area contributed by atoms with E-state index in [4.69, 9.17) is 4.74 Å². The molecule has 2 N–H and O–H groups in total. The second-order valence-electron chi connectivity index (χ2n) is 4.70. The second kappa shape index (κ2) is 8.99. The standard InChI is InChI=1S/C14H22N4O.HI/c1-3-11(2)19-13-9-12(5-8-15-13)10-18-14-16-6-4-7-17-14;/h5,8-9,11H,3-4,6-7,10H2,1-2H3,(H2,16,17,18);1H. The fraction of sp³-hybridized carbons (Fsp3) is 0.571. The summed E-state index contributed by atoms with van der Waals surface area (Å²) in [6.45, 7) is 6.76. The topological polar surface area (TPSA) is 58.5 Å². The molecule has 0 radical (unpaired) electrons. The summed E-state index contributed by atoms with van der Waals surface area (Å²) in [6, 6.07) is 3.96. The van der Waals surface area contributed by atoms with Crippen LogP contribution < -0.4 is 15.4 Å². The van der Waals surface area contributed by atoms with Crippen molar-refractivity contribution in [1.82, 2.24) is 15.6 Å². The van der Waals surface area contributed by atoms with Gasteiger partial charge in [-0.3, -0.25) is 4.99 Å². The molecule has 20 heavy (non-hydrogen) atoms. The van der Waals surface area contributed by atoms with Gasteiger partial charge in [-0.1, -0.05) is 6.92 Å². The van der Waals surface area contributed by atoms with Gasteiger partial charge in [0.25, 0.3) is 0 Å². The molecule has 1 aromatic rings. The van der Waals surface area contributed by atoms with Crippen molar-refractivity contribution in [1.29, 1.82) is 0 Å². The van der Waals surface area contributed by atoms with Gasteiger partial charge in [-0.2, -0.15) is 0 Å². The van der Waals surface area contributed by atoms with Gasteiger partial charge in [0.15, 0.2) is 5.96 Å². The number of aromatic nitrogens is 1. The minimum Gasteiger partial charge on any atom is -0.475 e. The van der Waals surface area contributed by atoms with E-state index in [1.54, 1.807) is 6.20 Å². The molecule has 0 saturated heterocycles. The summed E-state index contributed by atoms with van der Waals surface area (Å²) in [5, 5.41) is 6.53. The molecule has 1 aromatic heterocycles. The number of nitrogens with one attached hydrogen (secondary N) is 2. The fourth-order valence-electron chi connectivity index (χ4n) is 1.75. The van der Waals surface area contributed by atoms with E-state index >= 15 is 0 Å². The van der Waals surface area contributed by atoms with Gasteiger partial charge in [0.1, 0.15) is 0 Å². The zero-order valence-electron chi connectivity index (χ0n) is 12.1. The smallest absolute Gasteiger partial charge is 0.213 e. The van der Waals surface area contributed by atoms with Gasteiger partial charge in [-0.15, -0.1) is 24.0 Å². The van der Waals surface area contributed by atoms with Crippen molar-refractivity contribution in [2.75, 3.05) is 13.1 Å². The van der Waals surface area contributed by atoms with Crippen LogP contribution in [-0.2, 0) is 6.54 Å². The molecule has 2 rings (SSSR count). The first-order chi connectivity index (χ1) is 9.28. The van der Waals surface area contributed by atoms with E-state index in [9.17, 15) is 0 Å². The Morgan fingerprint density at radius 2 is 2.35 bits per heavy atom. The van der Waals surface area contributed by atoms with Crippen LogP contribution in [0.15, 0.2) is 23.3 Å². The highest BCUT2D eigenvalue weighted by atomic mass is 127. The van der Waals surface area contributed by atoms with E-state index < -0.39 is 0 Å². The lowest BCUT2D eigenvalue weighted by molar-refractivity contribution is 0.208. The molecular weight excluding hydrogens is 367 g/mol. The van der Waals surface area contributed by atoms with Crippen molar-refractivity contribution in [2.45, 2.75) is 39.3 Å². The molecule has 2 heterocycles. The van der Waals surface area contributed by atoms with E-state index in [0.29, 0.717) is 5.88 Å². The summed E-state index contributed by atoms with van der Waals surface area (Å²) < 4.78 is 5.71. The van der Waals surface area contributed by atoms with Crippen LogP contribution in [0.4, 0.5) is 0 Å². The third-order valence-corrected chi connectivity index (χ3v) is 3.05. The van der Waals surface area contributed by atoms with Crippen LogP contribution in [0.3, 0.4) is 0 Å². The number of rotatable bonds is 5. The molecule has 0 spiro atoms. The number of ether oxygens (including phenoxy) is 1. The van der Waals surface area contributed by atoms with Gasteiger partial charge in [0, 0.05) is 31.9 Å². The average Bonchev–Trinajstić information content (AvgIpc) is 2.46. The zero-order chi connectivity index (χ0) is 13.5. The lowest BCUT2D eigenvalue weighted by atomic mass is 10.2. The highest BCUT2D eigenvalue weighted by Crippen LogP contribution is 2.12. The molecule has 1 aliphatic heterocycles. The number of nitrogens with zero attached hydrogens (tertiary/aromatic N) is 2. The van der Waals surface area contributed by atoms with Gasteiger partial charge >= 0.3 is 0 Å². The minimum atomic E-state index is 0. The van der Waals surface area contributed by atoms with Crippen molar-refractivity contribution >= 4 is 29.9 Å². The Bertz CT molecular complexity index is 439. The van der Waals surface area contributed by atoms with E-state index in [1.807, 2.05) is 19.1 Å². The second-order valence-corrected chi connectivity index (χ2v) is 4.70. The van der Waals surface area contributed by atoms with Gasteiger partial charge in [0.05, 0.1) is 6.10 Å². The molecule has 0 amide bonds. The van der Waals surface area contributed by atoms with E-state index in [2.05, 4.69) is 27.5 Å². The summed E-state index contributed by atoms with van der Waals surface area (Å²) in [5.74, 6) is 1.57. The van der Waals surface area contributed by atoms with Crippen LogP contribution in [0.5, 0.6) is 5.88 Å². The predicted octanol–water partition coefficient (Wildman–Crippen LogP) is 2.32. The Labute approximate surface area is 137 Å². The highest BCUT2D eigenvalue weighted by Gasteiger charge is 2.05. The van der Waals surface area contributed by atoms with Crippen LogP contribution in [0.2, 0.25) is 0 Å². The Balaban J connectivity index is 0.00000200. The summed E-state index contributed by atoms with van der Waals surface area (Å²) in [6.07, 6.45) is 4.06. The maximum atomic E-state index is 5.71. The Morgan fingerprint density at radius 1 is 1.50 bits per heavy atom. The molecule has 0 bridgehead atoms. The van der Waals surface area contributed by atoms with Gasteiger partial charge in [0.2, 0.25) is 5.88 Å². The van der Waals surface area contributed by atoms with Crippen molar-refractivity contribution in [2.24, 2.45) is 4.99 Å². The molecule has 0 fully saturated rings. The van der Waals surface area contributed by atoms with Gasteiger partial charge in [-0.25, -0.2) is 4.98 Å². The van der Waals surface area contributed by atoms with Crippen LogP contribution in [-0.4, -0.2) is 30.1 Å². The molecule has 0 aliphatic carbocycles. The molecule has 1 aliphatic rings. The fourth-order valence-corrected chi connectivity index (χ4v) is 1.75. The van der Waals surface area contributed by atoms with E-state index in [0.717, 1.165) is 44.0 Å². The third kappa shape index (κ3) is 5.52. The summed E-state index contributed by atoms with van der Waals surface area (Å²) in [5.41, 5.74) is 1.14.